The molecule has 2 unspecified atom stereocenters. The second-order valence-corrected chi connectivity index (χ2v) is 5.42. The predicted molar refractivity (Wildman–Crippen MR) is 75.4 cm³/mol. The molecule has 1 saturated carbocycles. The molecule has 2 atom stereocenters. The van der Waals surface area contributed by atoms with Crippen molar-refractivity contribution in [3.05, 3.63) is 29.8 Å². The number of benzene rings is 1. The largest absolute Gasteiger partial charge is 0.327 e. The second-order valence-electron chi connectivity index (χ2n) is 5.42. The quantitative estimate of drug-likeness (QED) is 0.846. The van der Waals surface area contributed by atoms with Crippen molar-refractivity contribution in [3.8, 4) is 0 Å². The predicted octanol–water partition coefficient (Wildman–Crippen LogP) is 3.01. The Bertz CT molecular complexity index is 499. The fourth-order valence-electron chi connectivity index (χ4n) is 2.12. The van der Waals surface area contributed by atoms with E-state index in [1.807, 2.05) is 0 Å². The van der Waals surface area contributed by atoms with Crippen LogP contribution in [0.25, 0.3) is 0 Å². The van der Waals surface area contributed by atoms with Gasteiger partial charge in [0.25, 0.3) is 0 Å². The smallest absolute Gasteiger partial charge is 0.321 e. The van der Waals surface area contributed by atoms with E-state index in [1.54, 1.807) is 36.2 Å². The Morgan fingerprint density at radius 1 is 1.42 bits per heavy atom. The first kappa shape index (κ1) is 13.6. The molecule has 1 aliphatic carbocycles. The summed E-state index contributed by atoms with van der Waals surface area (Å²) in [6.45, 7) is 4.51. The van der Waals surface area contributed by atoms with E-state index in [0.717, 1.165) is 12.5 Å². The third kappa shape index (κ3) is 3.56. The van der Waals surface area contributed by atoms with Crippen molar-refractivity contribution in [2.24, 2.45) is 11.8 Å². The van der Waals surface area contributed by atoms with E-state index in [9.17, 15) is 9.59 Å². The number of Topliss-reactive ketones (excluding diaryl/α,β-unsaturated/α-hetero) is 1. The monoisotopic (exact) mass is 260 g/mol. The molecule has 0 saturated heterocycles. The van der Waals surface area contributed by atoms with Crippen LogP contribution in [0.1, 0.15) is 30.6 Å². The molecule has 1 aromatic carbocycles. The van der Waals surface area contributed by atoms with E-state index in [-0.39, 0.29) is 11.8 Å². The Hall–Kier alpha value is -1.84. The van der Waals surface area contributed by atoms with Crippen molar-refractivity contribution >= 4 is 17.5 Å². The lowest BCUT2D eigenvalue weighted by Crippen LogP contribution is -2.33. The van der Waals surface area contributed by atoms with Gasteiger partial charge in [-0.3, -0.25) is 4.79 Å². The summed E-state index contributed by atoms with van der Waals surface area (Å²) >= 11 is 0. The van der Waals surface area contributed by atoms with Crippen LogP contribution in [-0.4, -0.2) is 30.3 Å². The summed E-state index contributed by atoms with van der Waals surface area (Å²) in [6.07, 6.45) is 1.21. The first-order chi connectivity index (χ1) is 8.97. The van der Waals surface area contributed by atoms with E-state index in [2.05, 4.69) is 12.2 Å². The molecular weight excluding hydrogens is 240 g/mol. The van der Waals surface area contributed by atoms with Gasteiger partial charge in [-0.15, -0.1) is 0 Å². The first-order valence-corrected chi connectivity index (χ1v) is 6.60. The van der Waals surface area contributed by atoms with Crippen LogP contribution in [0.4, 0.5) is 10.5 Å². The average molecular weight is 260 g/mol. The van der Waals surface area contributed by atoms with Crippen LogP contribution in [-0.2, 0) is 0 Å². The lowest BCUT2D eigenvalue weighted by molar-refractivity contribution is 0.101. The Morgan fingerprint density at radius 3 is 2.68 bits per heavy atom. The van der Waals surface area contributed by atoms with Crippen molar-refractivity contribution in [2.75, 3.05) is 18.9 Å². The fraction of sp³-hybridized carbons (Fsp3) is 0.467. The summed E-state index contributed by atoms with van der Waals surface area (Å²) in [7, 11) is 1.80. The number of hydrogen-bond donors (Lipinski definition) is 1. The molecule has 4 nitrogen and oxygen atoms in total. The summed E-state index contributed by atoms with van der Waals surface area (Å²) in [5.41, 5.74) is 1.27. The molecule has 1 fully saturated rings. The fourth-order valence-corrected chi connectivity index (χ4v) is 2.12. The summed E-state index contributed by atoms with van der Waals surface area (Å²) in [6, 6.07) is 6.88. The number of urea groups is 1. The van der Waals surface area contributed by atoms with Gasteiger partial charge in [0, 0.05) is 24.8 Å². The molecule has 102 valence electrons. The van der Waals surface area contributed by atoms with Gasteiger partial charge in [0.15, 0.2) is 5.78 Å². The van der Waals surface area contributed by atoms with Gasteiger partial charge < -0.3 is 10.2 Å². The molecule has 1 N–H and O–H groups in total. The Kier molecular flexibility index (Phi) is 3.88. The van der Waals surface area contributed by atoms with Gasteiger partial charge in [-0.1, -0.05) is 19.1 Å². The van der Waals surface area contributed by atoms with Crippen LogP contribution in [0, 0.1) is 11.8 Å². The summed E-state index contributed by atoms with van der Waals surface area (Å²) in [4.78, 5) is 25.0. The van der Waals surface area contributed by atoms with Crippen molar-refractivity contribution in [2.45, 2.75) is 20.3 Å². The van der Waals surface area contributed by atoms with Crippen LogP contribution in [0.15, 0.2) is 24.3 Å². The standard InChI is InChI=1S/C15H20N2O2/c1-10-7-13(10)9-17(3)15(19)16-14-6-4-5-12(8-14)11(2)18/h4-6,8,10,13H,7,9H2,1-3H3,(H,16,19). The second kappa shape index (κ2) is 5.43. The van der Waals surface area contributed by atoms with Crippen molar-refractivity contribution in [3.63, 3.8) is 0 Å². The molecule has 19 heavy (non-hydrogen) atoms. The first-order valence-electron chi connectivity index (χ1n) is 6.60. The van der Waals surface area contributed by atoms with Crippen LogP contribution in [0.5, 0.6) is 0 Å². The number of nitrogens with zero attached hydrogens (tertiary/aromatic N) is 1. The highest BCUT2D eigenvalue weighted by Gasteiger charge is 2.34. The van der Waals surface area contributed by atoms with Gasteiger partial charge in [-0.25, -0.2) is 4.79 Å². The molecule has 2 rings (SSSR count). The highest BCUT2D eigenvalue weighted by atomic mass is 16.2. The van der Waals surface area contributed by atoms with Gasteiger partial charge in [-0.05, 0) is 37.3 Å². The van der Waals surface area contributed by atoms with E-state index >= 15 is 0 Å². The van der Waals surface area contributed by atoms with Gasteiger partial charge in [0.1, 0.15) is 0 Å². The Morgan fingerprint density at radius 2 is 2.11 bits per heavy atom. The molecule has 4 heteroatoms. The van der Waals surface area contributed by atoms with Crippen LogP contribution in [0.2, 0.25) is 0 Å². The number of anilines is 1. The molecule has 0 spiro atoms. The Balaban J connectivity index is 1.94. The van der Waals surface area contributed by atoms with E-state index in [0.29, 0.717) is 17.2 Å². The van der Waals surface area contributed by atoms with Crippen LogP contribution in [0.3, 0.4) is 0 Å². The highest BCUT2D eigenvalue weighted by molar-refractivity contribution is 5.96. The number of carbonyl (C=O) groups is 2. The number of carbonyl (C=O) groups excluding carboxylic acids is 2. The zero-order valence-electron chi connectivity index (χ0n) is 11.6. The summed E-state index contributed by atoms with van der Waals surface area (Å²) < 4.78 is 0. The molecular formula is C15H20N2O2. The average Bonchev–Trinajstić information content (AvgIpc) is 3.05. The van der Waals surface area contributed by atoms with E-state index < -0.39 is 0 Å². The highest BCUT2D eigenvalue weighted by Crippen LogP contribution is 2.37. The maximum absolute atomic E-state index is 12.0. The van der Waals surface area contributed by atoms with Gasteiger partial charge in [-0.2, -0.15) is 0 Å². The van der Waals surface area contributed by atoms with Crippen LogP contribution < -0.4 is 5.32 Å². The molecule has 2 amide bonds. The third-order valence-corrected chi connectivity index (χ3v) is 3.65. The summed E-state index contributed by atoms with van der Waals surface area (Å²) in [5, 5.41) is 2.82. The summed E-state index contributed by atoms with van der Waals surface area (Å²) in [5.74, 6) is 1.37. The lowest BCUT2D eigenvalue weighted by atomic mass is 10.1. The molecule has 1 aromatic rings. The molecule has 0 heterocycles. The number of hydrogen-bond acceptors (Lipinski definition) is 2. The molecule has 0 radical (unpaired) electrons. The van der Waals surface area contributed by atoms with Crippen molar-refractivity contribution in [1.29, 1.82) is 0 Å². The topological polar surface area (TPSA) is 49.4 Å². The molecule has 0 aromatic heterocycles. The van der Waals surface area contributed by atoms with E-state index in [1.165, 1.54) is 13.3 Å². The van der Waals surface area contributed by atoms with Crippen molar-refractivity contribution < 1.29 is 9.59 Å². The maximum atomic E-state index is 12.0. The molecule has 0 bridgehead atoms. The molecule has 1 aliphatic rings. The number of amides is 2. The number of ketones is 1. The maximum Gasteiger partial charge on any atom is 0.321 e. The minimum absolute atomic E-state index is 0.00346. The normalized spacial score (nSPS) is 20.8. The third-order valence-electron chi connectivity index (χ3n) is 3.65. The van der Waals surface area contributed by atoms with Crippen LogP contribution >= 0.6 is 0 Å². The van der Waals surface area contributed by atoms with Gasteiger partial charge in [0.05, 0.1) is 0 Å². The van der Waals surface area contributed by atoms with Gasteiger partial charge in [0.2, 0.25) is 0 Å². The minimum Gasteiger partial charge on any atom is -0.327 e. The zero-order valence-corrected chi connectivity index (χ0v) is 11.6. The molecule has 0 aliphatic heterocycles. The zero-order chi connectivity index (χ0) is 14.0. The van der Waals surface area contributed by atoms with Gasteiger partial charge >= 0.3 is 6.03 Å². The van der Waals surface area contributed by atoms with E-state index in [4.69, 9.17) is 0 Å². The Labute approximate surface area is 113 Å². The minimum atomic E-state index is -0.125. The number of nitrogens with one attached hydrogen (secondary N) is 1. The lowest BCUT2D eigenvalue weighted by Gasteiger charge is -2.18. The SMILES string of the molecule is CC(=O)c1cccc(NC(=O)N(C)CC2CC2C)c1. The van der Waals surface area contributed by atoms with Crippen molar-refractivity contribution in [1.82, 2.24) is 4.90 Å². The number of rotatable bonds is 4.